The van der Waals surface area contributed by atoms with Crippen molar-refractivity contribution in [1.82, 2.24) is 4.90 Å². The third-order valence-electron chi connectivity index (χ3n) is 4.56. The van der Waals surface area contributed by atoms with Crippen LogP contribution in [0.4, 0.5) is 0 Å². The average Bonchev–Trinajstić information content (AvgIpc) is 2.94. The molecule has 0 radical (unpaired) electrons. The number of amides is 1. The fraction of sp³-hybridized carbons (Fsp3) is 0.261. The van der Waals surface area contributed by atoms with E-state index < -0.39 is 5.97 Å². The molecule has 1 aliphatic rings. The first-order valence-electron chi connectivity index (χ1n) is 9.49. The zero-order valence-electron chi connectivity index (χ0n) is 19.0. The molecule has 1 aliphatic heterocycles. The van der Waals surface area contributed by atoms with Gasteiger partial charge in [-0.05, 0) is 46.9 Å². The van der Waals surface area contributed by atoms with Crippen molar-refractivity contribution in [1.29, 1.82) is 0 Å². The number of carbonyl (C=O) groups is 2. The van der Waals surface area contributed by atoms with E-state index in [1.165, 1.54) is 22.2 Å². The molecule has 0 bridgehead atoms. The number of carboxylic acids is 1. The summed E-state index contributed by atoms with van der Waals surface area (Å²) in [5.41, 5.74) is 2.17. The fourth-order valence-corrected chi connectivity index (χ4v) is 4.15. The number of aliphatic carboxylic acids is 1. The third-order valence-corrected chi connectivity index (χ3v) is 5.93. The van der Waals surface area contributed by atoms with Crippen LogP contribution < -0.4 is 34.3 Å². The SMILES string of the molecule is CC(C)(C)c1ccc(Oc2ccc(C=C3SC(=S)N(CCC(=O)O)C3=O)cc2)cc1.[H-].[Na+]. The number of benzene rings is 2. The number of nitrogens with zero attached hydrogens (tertiary/aromatic N) is 1. The van der Waals surface area contributed by atoms with Crippen molar-refractivity contribution in [2.75, 3.05) is 6.54 Å². The molecule has 1 saturated heterocycles. The Bertz CT molecular complexity index is 1000. The van der Waals surface area contributed by atoms with Gasteiger partial charge in [-0.1, -0.05) is 69.0 Å². The Balaban J connectivity index is 0.00000256. The fourth-order valence-electron chi connectivity index (χ4n) is 2.84. The molecule has 1 amide bonds. The number of carboxylic acid groups (broad SMARTS) is 1. The molecule has 31 heavy (non-hydrogen) atoms. The molecule has 0 unspecified atom stereocenters. The van der Waals surface area contributed by atoms with Gasteiger partial charge < -0.3 is 11.3 Å². The van der Waals surface area contributed by atoms with Gasteiger partial charge in [-0.3, -0.25) is 14.5 Å². The first kappa shape index (κ1) is 25.6. The van der Waals surface area contributed by atoms with Crippen molar-refractivity contribution >= 4 is 46.3 Å². The van der Waals surface area contributed by atoms with Crippen LogP contribution in [0.2, 0.25) is 0 Å². The van der Waals surface area contributed by atoms with Gasteiger partial charge in [-0.15, -0.1) is 0 Å². The smallest absolute Gasteiger partial charge is 1.00 e. The van der Waals surface area contributed by atoms with E-state index in [0.29, 0.717) is 15.0 Å². The summed E-state index contributed by atoms with van der Waals surface area (Å²) in [6.07, 6.45) is 1.62. The molecule has 2 aromatic carbocycles. The van der Waals surface area contributed by atoms with Gasteiger partial charge >= 0.3 is 35.5 Å². The second-order valence-electron chi connectivity index (χ2n) is 7.92. The summed E-state index contributed by atoms with van der Waals surface area (Å²) >= 11 is 6.39. The van der Waals surface area contributed by atoms with Crippen LogP contribution in [0.3, 0.4) is 0 Å². The topological polar surface area (TPSA) is 66.8 Å². The monoisotopic (exact) mass is 465 g/mol. The number of rotatable bonds is 6. The number of ether oxygens (including phenoxy) is 1. The van der Waals surface area contributed by atoms with Gasteiger partial charge in [0.1, 0.15) is 15.8 Å². The van der Waals surface area contributed by atoms with E-state index in [0.717, 1.165) is 11.3 Å². The van der Waals surface area contributed by atoms with Crippen LogP contribution >= 0.6 is 24.0 Å². The molecule has 3 rings (SSSR count). The van der Waals surface area contributed by atoms with Crippen LogP contribution in [0.5, 0.6) is 11.5 Å². The standard InChI is InChI=1S/C23H23NO4S2.Na.H/c1-23(2,3)16-6-10-18(11-7-16)28-17-8-4-15(5-9-17)14-19-21(27)24(22(29)30-19)13-12-20(25)26;;/h4-11,14H,12-13H2,1-3H3,(H,25,26);;/q;+1;-1. The van der Waals surface area contributed by atoms with Gasteiger partial charge in [0.05, 0.1) is 11.3 Å². The minimum absolute atomic E-state index is 0. The van der Waals surface area contributed by atoms with Gasteiger partial charge in [0.2, 0.25) is 0 Å². The van der Waals surface area contributed by atoms with Crippen LogP contribution in [-0.2, 0) is 15.0 Å². The summed E-state index contributed by atoms with van der Waals surface area (Å²) in [5, 5.41) is 8.81. The molecule has 0 atom stereocenters. The molecule has 0 aromatic heterocycles. The van der Waals surface area contributed by atoms with Gasteiger partial charge in [-0.2, -0.15) is 0 Å². The van der Waals surface area contributed by atoms with Crippen LogP contribution in [-0.4, -0.2) is 32.7 Å². The van der Waals surface area contributed by atoms with Gasteiger partial charge in [0, 0.05) is 6.54 Å². The van der Waals surface area contributed by atoms with Crippen molar-refractivity contribution < 1.29 is 50.4 Å². The molecule has 2 aromatic rings. The molecule has 158 valence electrons. The van der Waals surface area contributed by atoms with E-state index >= 15 is 0 Å². The Kier molecular flexibility index (Phi) is 8.92. The number of hydrogen-bond acceptors (Lipinski definition) is 5. The maximum atomic E-state index is 12.5. The maximum Gasteiger partial charge on any atom is 1.00 e. The van der Waals surface area contributed by atoms with Crippen molar-refractivity contribution in [3.8, 4) is 11.5 Å². The molecule has 1 heterocycles. The van der Waals surface area contributed by atoms with Crippen molar-refractivity contribution in [2.45, 2.75) is 32.6 Å². The largest absolute Gasteiger partial charge is 1.00 e. The van der Waals surface area contributed by atoms with E-state index in [1.54, 1.807) is 6.08 Å². The molecule has 5 nitrogen and oxygen atoms in total. The second-order valence-corrected chi connectivity index (χ2v) is 9.60. The summed E-state index contributed by atoms with van der Waals surface area (Å²) in [7, 11) is 0. The van der Waals surface area contributed by atoms with Crippen LogP contribution in [0.25, 0.3) is 6.08 Å². The van der Waals surface area contributed by atoms with Crippen LogP contribution in [0.1, 0.15) is 39.7 Å². The van der Waals surface area contributed by atoms with E-state index in [9.17, 15) is 9.59 Å². The third kappa shape index (κ3) is 6.92. The minimum Gasteiger partial charge on any atom is -1.00 e. The predicted octanol–water partition coefficient (Wildman–Crippen LogP) is 2.57. The molecule has 8 heteroatoms. The van der Waals surface area contributed by atoms with Crippen molar-refractivity contribution in [2.24, 2.45) is 0 Å². The Morgan fingerprint density at radius 2 is 1.68 bits per heavy atom. The zero-order chi connectivity index (χ0) is 21.9. The molecule has 0 aliphatic carbocycles. The van der Waals surface area contributed by atoms with Crippen LogP contribution in [0, 0.1) is 0 Å². The van der Waals surface area contributed by atoms with E-state index in [4.69, 9.17) is 22.1 Å². The number of hydrogen-bond donors (Lipinski definition) is 1. The number of carbonyl (C=O) groups excluding carboxylic acids is 1. The quantitative estimate of drug-likeness (QED) is 0.402. The predicted molar refractivity (Wildman–Crippen MR) is 125 cm³/mol. The van der Waals surface area contributed by atoms with Gasteiger partial charge in [0.25, 0.3) is 5.91 Å². The summed E-state index contributed by atoms with van der Waals surface area (Å²) in [6, 6.07) is 15.5. The summed E-state index contributed by atoms with van der Waals surface area (Å²) in [5.74, 6) is 0.238. The van der Waals surface area contributed by atoms with E-state index in [-0.39, 0.29) is 55.3 Å². The van der Waals surface area contributed by atoms with E-state index in [1.807, 2.05) is 36.4 Å². The Morgan fingerprint density at radius 3 is 2.19 bits per heavy atom. The molecular weight excluding hydrogens is 441 g/mol. The summed E-state index contributed by atoms with van der Waals surface area (Å²) in [6.45, 7) is 6.59. The second kappa shape index (κ2) is 10.8. The molecule has 0 spiro atoms. The maximum absolute atomic E-state index is 12.5. The first-order chi connectivity index (χ1) is 14.1. The zero-order valence-corrected chi connectivity index (χ0v) is 21.7. The van der Waals surface area contributed by atoms with Crippen LogP contribution in [0.15, 0.2) is 53.4 Å². The van der Waals surface area contributed by atoms with Gasteiger partial charge in [0.15, 0.2) is 0 Å². The minimum atomic E-state index is -0.961. The molecule has 1 N–H and O–H groups in total. The molecule has 0 saturated carbocycles. The Morgan fingerprint density at radius 1 is 1.13 bits per heavy atom. The first-order valence-corrected chi connectivity index (χ1v) is 10.7. The van der Waals surface area contributed by atoms with Crippen molar-refractivity contribution in [3.63, 3.8) is 0 Å². The molecule has 1 fully saturated rings. The number of thioether (sulfide) groups is 1. The van der Waals surface area contributed by atoms with Gasteiger partial charge in [-0.25, -0.2) is 0 Å². The van der Waals surface area contributed by atoms with E-state index in [2.05, 4.69) is 32.9 Å². The Labute approximate surface area is 215 Å². The molecular formula is C23H24NNaO4S2. The summed E-state index contributed by atoms with van der Waals surface area (Å²) in [4.78, 5) is 25.0. The number of thiocarbonyl (C=S) groups is 1. The average molecular weight is 466 g/mol. The Hall–Kier alpha value is -1.64. The van der Waals surface area contributed by atoms with Crippen molar-refractivity contribution in [3.05, 3.63) is 64.6 Å². The summed E-state index contributed by atoms with van der Waals surface area (Å²) < 4.78 is 6.28. The normalized spacial score (nSPS) is 15.2.